The minimum Gasteiger partial charge on any atom is -0.507 e. The number of aliphatic hydroxyl groups excluding tert-OH is 1. The van der Waals surface area contributed by atoms with Gasteiger partial charge in [0.05, 0.1) is 11.6 Å². The number of aromatic nitrogens is 1. The Kier molecular flexibility index (Phi) is 4.49. The van der Waals surface area contributed by atoms with E-state index in [1.165, 1.54) is 17.3 Å². The van der Waals surface area contributed by atoms with Gasteiger partial charge in [0.15, 0.2) is 0 Å². The number of rotatable bonds is 3. The van der Waals surface area contributed by atoms with Crippen LogP contribution >= 0.6 is 0 Å². The first kappa shape index (κ1) is 17.7. The predicted molar refractivity (Wildman–Crippen MR) is 107 cm³/mol. The van der Waals surface area contributed by atoms with E-state index in [0.717, 1.165) is 11.1 Å². The molecule has 1 aliphatic heterocycles. The van der Waals surface area contributed by atoms with Crippen molar-refractivity contribution in [1.82, 2.24) is 4.98 Å². The quantitative estimate of drug-likeness (QED) is 0.429. The number of aryl methyl sites for hydroxylation is 1. The first-order valence-electron chi connectivity index (χ1n) is 8.91. The van der Waals surface area contributed by atoms with E-state index in [1.807, 2.05) is 55.5 Å². The van der Waals surface area contributed by atoms with E-state index in [9.17, 15) is 14.7 Å². The van der Waals surface area contributed by atoms with Crippen LogP contribution in [0.3, 0.4) is 0 Å². The smallest absolute Gasteiger partial charge is 0.300 e. The first-order valence-corrected chi connectivity index (χ1v) is 8.91. The maximum absolute atomic E-state index is 13.0. The molecular formula is C23H18N2O3. The molecule has 1 atom stereocenters. The Labute approximate surface area is 162 Å². The summed E-state index contributed by atoms with van der Waals surface area (Å²) in [6.45, 7) is 1.93. The van der Waals surface area contributed by atoms with Crippen molar-refractivity contribution in [3.05, 3.63) is 101 Å². The second-order valence-electron chi connectivity index (χ2n) is 6.65. The van der Waals surface area contributed by atoms with E-state index in [1.54, 1.807) is 18.2 Å². The van der Waals surface area contributed by atoms with Gasteiger partial charge in [-0.25, -0.2) is 0 Å². The Hall–Kier alpha value is -3.73. The molecule has 5 nitrogen and oxygen atoms in total. The Morgan fingerprint density at radius 3 is 2.36 bits per heavy atom. The molecule has 138 valence electrons. The molecule has 2 heterocycles. The van der Waals surface area contributed by atoms with Gasteiger partial charge in [0.1, 0.15) is 5.76 Å². The highest BCUT2D eigenvalue weighted by atomic mass is 16.3. The van der Waals surface area contributed by atoms with Crippen LogP contribution in [0, 0.1) is 6.92 Å². The summed E-state index contributed by atoms with van der Waals surface area (Å²) >= 11 is 0. The summed E-state index contributed by atoms with van der Waals surface area (Å²) in [5.41, 5.74) is 2.85. The Morgan fingerprint density at radius 2 is 1.68 bits per heavy atom. The molecule has 0 aliphatic carbocycles. The summed E-state index contributed by atoms with van der Waals surface area (Å²) in [6, 6.07) is 19.2. The van der Waals surface area contributed by atoms with Gasteiger partial charge in [-0.3, -0.25) is 19.5 Å². The molecule has 28 heavy (non-hydrogen) atoms. The number of hydrogen-bond donors (Lipinski definition) is 1. The zero-order valence-electron chi connectivity index (χ0n) is 15.2. The highest BCUT2D eigenvalue weighted by Crippen LogP contribution is 2.42. The van der Waals surface area contributed by atoms with E-state index < -0.39 is 17.7 Å². The van der Waals surface area contributed by atoms with Gasteiger partial charge in [0, 0.05) is 23.6 Å². The topological polar surface area (TPSA) is 70.5 Å². The lowest BCUT2D eigenvalue weighted by molar-refractivity contribution is -0.132. The van der Waals surface area contributed by atoms with Crippen LogP contribution in [0.4, 0.5) is 5.69 Å². The first-order chi connectivity index (χ1) is 13.6. The summed E-state index contributed by atoms with van der Waals surface area (Å²) in [7, 11) is 0. The maximum atomic E-state index is 13.0. The van der Waals surface area contributed by atoms with Crippen molar-refractivity contribution in [2.75, 3.05) is 4.90 Å². The number of carbonyl (C=O) groups is 2. The average Bonchev–Trinajstić information content (AvgIpc) is 3.00. The SMILES string of the molecule is Cc1cccc(N2C(=O)C(=O)/C(=C(/O)c3ccncc3)C2c2ccccc2)c1. The van der Waals surface area contributed by atoms with Gasteiger partial charge in [0.25, 0.3) is 11.7 Å². The number of anilines is 1. The number of carbonyl (C=O) groups excluding carboxylic acids is 2. The van der Waals surface area contributed by atoms with E-state index >= 15 is 0 Å². The molecule has 5 heteroatoms. The number of hydrogen-bond acceptors (Lipinski definition) is 4. The Morgan fingerprint density at radius 1 is 0.964 bits per heavy atom. The minimum atomic E-state index is -0.712. The van der Waals surface area contributed by atoms with Crippen LogP contribution in [0.5, 0.6) is 0 Å². The normalized spacial score (nSPS) is 18.5. The molecule has 1 saturated heterocycles. The van der Waals surface area contributed by atoms with Crippen LogP contribution in [0.1, 0.15) is 22.7 Å². The third-order valence-corrected chi connectivity index (χ3v) is 4.79. The largest absolute Gasteiger partial charge is 0.507 e. The van der Waals surface area contributed by atoms with Crippen LogP contribution in [0.15, 0.2) is 84.7 Å². The van der Waals surface area contributed by atoms with Crippen LogP contribution in [-0.4, -0.2) is 21.8 Å². The zero-order valence-corrected chi connectivity index (χ0v) is 15.2. The lowest BCUT2D eigenvalue weighted by atomic mass is 9.95. The highest BCUT2D eigenvalue weighted by molar-refractivity contribution is 6.51. The van der Waals surface area contributed by atoms with Crippen molar-refractivity contribution < 1.29 is 14.7 Å². The Balaban J connectivity index is 1.95. The van der Waals surface area contributed by atoms with Gasteiger partial charge in [-0.2, -0.15) is 0 Å². The second kappa shape index (κ2) is 7.12. The fourth-order valence-electron chi connectivity index (χ4n) is 3.49. The van der Waals surface area contributed by atoms with Crippen LogP contribution < -0.4 is 4.90 Å². The predicted octanol–water partition coefficient (Wildman–Crippen LogP) is 4.02. The van der Waals surface area contributed by atoms with Crippen LogP contribution in [0.25, 0.3) is 5.76 Å². The molecule has 1 fully saturated rings. The van der Waals surface area contributed by atoms with E-state index in [0.29, 0.717) is 11.3 Å². The number of nitrogens with zero attached hydrogens (tertiary/aromatic N) is 2. The standard InChI is InChI=1S/C23H18N2O3/c1-15-6-5-9-18(14-15)25-20(16-7-3-2-4-8-16)19(22(27)23(25)28)21(26)17-10-12-24-13-11-17/h2-14,20,26H,1H3/b21-19+. The summed E-state index contributed by atoms with van der Waals surface area (Å²) in [4.78, 5) is 31.3. The van der Waals surface area contributed by atoms with Crippen molar-refractivity contribution in [2.24, 2.45) is 0 Å². The molecule has 1 aromatic heterocycles. The summed E-state index contributed by atoms with van der Waals surface area (Å²) in [6.07, 6.45) is 3.06. The van der Waals surface area contributed by atoms with Gasteiger partial charge in [-0.15, -0.1) is 0 Å². The minimum absolute atomic E-state index is 0.0731. The molecule has 0 saturated carbocycles. The third kappa shape index (κ3) is 2.97. The molecule has 1 aliphatic rings. The van der Waals surface area contributed by atoms with Crippen LogP contribution in [-0.2, 0) is 9.59 Å². The second-order valence-corrected chi connectivity index (χ2v) is 6.65. The number of Topliss-reactive ketones (excluding diaryl/α,β-unsaturated/α-hetero) is 1. The number of ketones is 1. The monoisotopic (exact) mass is 370 g/mol. The summed E-state index contributed by atoms with van der Waals surface area (Å²) in [5.74, 6) is -1.57. The molecule has 0 spiro atoms. The Bertz CT molecular complexity index is 1080. The van der Waals surface area contributed by atoms with Gasteiger partial charge >= 0.3 is 0 Å². The molecule has 1 N–H and O–H groups in total. The van der Waals surface area contributed by atoms with E-state index in [-0.39, 0.29) is 11.3 Å². The molecule has 4 rings (SSSR count). The van der Waals surface area contributed by atoms with Crippen molar-refractivity contribution >= 4 is 23.1 Å². The van der Waals surface area contributed by atoms with Crippen molar-refractivity contribution in [1.29, 1.82) is 0 Å². The number of benzene rings is 2. The van der Waals surface area contributed by atoms with Gasteiger partial charge < -0.3 is 5.11 Å². The summed E-state index contributed by atoms with van der Waals surface area (Å²) in [5, 5.41) is 10.9. The molecular weight excluding hydrogens is 352 g/mol. The lowest BCUT2D eigenvalue weighted by Gasteiger charge is -2.25. The highest BCUT2D eigenvalue weighted by Gasteiger charge is 2.46. The number of amides is 1. The van der Waals surface area contributed by atoms with Crippen molar-refractivity contribution in [2.45, 2.75) is 13.0 Å². The molecule has 2 aromatic carbocycles. The fraction of sp³-hybridized carbons (Fsp3) is 0.0870. The molecule has 0 bridgehead atoms. The molecule has 1 amide bonds. The number of pyridine rings is 1. The van der Waals surface area contributed by atoms with Crippen molar-refractivity contribution in [3.63, 3.8) is 0 Å². The zero-order chi connectivity index (χ0) is 19.7. The van der Waals surface area contributed by atoms with Crippen molar-refractivity contribution in [3.8, 4) is 0 Å². The van der Waals surface area contributed by atoms with Gasteiger partial charge in [-0.1, -0.05) is 42.5 Å². The van der Waals surface area contributed by atoms with Gasteiger partial charge in [-0.05, 0) is 42.3 Å². The number of aliphatic hydroxyl groups is 1. The molecule has 0 radical (unpaired) electrons. The van der Waals surface area contributed by atoms with Gasteiger partial charge in [0.2, 0.25) is 0 Å². The maximum Gasteiger partial charge on any atom is 0.300 e. The van der Waals surface area contributed by atoms with E-state index in [4.69, 9.17) is 0 Å². The molecule has 3 aromatic rings. The van der Waals surface area contributed by atoms with Crippen LogP contribution in [0.2, 0.25) is 0 Å². The molecule has 1 unspecified atom stereocenters. The average molecular weight is 370 g/mol. The lowest BCUT2D eigenvalue weighted by Crippen LogP contribution is -2.29. The van der Waals surface area contributed by atoms with E-state index in [2.05, 4.69) is 4.98 Å². The fourth-order valence-corrected chi connectivity index (χ4v) is 3.49. The third-order valence-electron chi connectivity index (χ3n) is 4.79. The summed E-state index contributed by atoms with van der Waals surface area (Å²) < 4.78 is 0.